The molecule has 2 aliphatic rings. The lowest BCUT2D eigenvalue weighted by atomic mass is 9.72. The van der Waals surface area contributed by atoms with Crippen molar-refractivity contribution in [1.29, 1.82) is 0 Å². The molecule has 28 heavy (non-hydrogen) atoms. The first-order valence-corrected chi connectivity index (χ1v) is 11.8. The van der Waals surface area contributed by atoms with Crippen LogP contribution in [0.25, 0.3) is 0 Å². The Labute approximate surface area is 175 Å². The van der Waals surface area contributed by atoms with E-state index >= 15 is 0 Å². The normalized spacial score (nSPS) is 20.8. The van der Waals surface area contributed by atoms with Crippen molar-refractivity contribution in [1.82, 2.24) is 9.88 Å². The molecule has 1 N–H and O–H groups in total. The van der Waals surface area contributed by atoms with E-state index in [4.69, 9.17) is 4.74 Å². The lowest BCUT2D eigenvalue weighted by molar-refractivity contribution is 0.0337. The Kier molecular flexibility index (Phi) is 5.88. The van der Waals surface area contributed by atoms with E-state index in [0.29, 0.717) is 16.5 Å². The predicted molar refractivity (Wildman–Crippen MR) is 115 cm³/mol. The van der Waals surface area contributed by atoms with Gasteiger partial charge in [-0.25, -0.2) is 4.98 Å². The van der Waals surface area contributed by atoms with Gasteiger partial charge in [-0.15, -0.1) is 22.7 Å². The number of ether oxygens (including phenoxy) is 1. The highest BCUT2D eigenvalue weighted by Gasteiger charge is 2.30. The Morgan fingerprint density at radius 2 is 2.14 bits per heavy atom. The summed E-state index contributed by atoms with van der Waals surface area (Å²) >= 11 is 3.16. The first-order valence-electron chi connectivity index (χ1n) is 10.1. The maximum atomic E-state index is 12.7. The Bertz CT molecular complexity index is 831. The highest BCUT2D eigenvalue weighted by atomic mass is 32.1. The second-order valence-electron chi connectivity index (χ2n) is 8.85. The van der Waals surface area contributed by atoms with E-state index in [1.54, 1.807) is 11.3 Å². The predicted octanol–water partition coefficient (Wildman–Crippen LogP) is 4.44. The van der Waals surface area contributed by atoms with Gasteiger partial charge in [-0.3, -0.25) is 15.0 Å². The van der Waals surface area contributed by atoms with Crippen molar-refractivity contribution in [3.63, 3.8) is 0 Å². The summed E-state index contributed by atoms with van der Waals surface area (Å²) in [4.78, 5) is 21.9. The van der Waals surface area contributed by atoms with E-state index in [-0.39, 0.29) is 5.91 Å². The van der Waals surface area contributed by atoms with E-state index in [2.05, 4.69) is 42.0 Å². The average Bonchev–Trinajstić information content (AvgIpc) is 3.28. The fourth-order valence-corrected chi connectivity index (χ4v) is 5.76. The number of carbonyl (C=O) groups is 1. The van der Waals surface area contributed by atoms with Crippen LogP contribution >= 0.6 is 22.7 Å². The van der Waals surface area contributed by atoms with Crippen molar-refractivity contribution in [2.45, 2.75) is 46.6 Å². The monoisotopic (exact) mass is 419 g/mol. The molecule has 5 nitrogen and oxygen atoms in total. The third-order valence-electron chi connectivity index (χ3n) is 5.79. The Hall–Kier alpha value is -1.28. The van der Waals surface area contributed by atoms with E-state index in [9.17, 15) is 4.79 Å². The lowest BCUT2D eigenvalue weighted by Crippen LogP contribution is -2.35. The van der Waals surface area contributed by atoms with Gasteiger partial charge in [0, 0.05) is 29.9 Å². The number of rotatable bonds is 4. The van der Waals surface area contributed by atoms with Gasteiger partial charge in [0.15, 0.2) is 5.13 Å². The van der Waals surface area contributed by atoms with Crippen LogP contribution in [0.4, 0.5) is 5.13 Å². The Morgan fingerprint density at radius 1 is 1.36 bits per heavy atom. The fraction of sp³-hybridized carbons (Fsp3) is 0.619. The molecule has 2 aromatic heterocycles. The van der Waals surface area contributed by atoms with Crippen molar-refractivity contribution in [3.05, 3.63) is 32.5 Å². The number of aryl methyl sites for hydroxylation is 1. The Balaban J connectivity index is 1.38. The molecule has 1 saturated heterocycles. The number of thiophene rings is 1. The largest absolute Gasteiger partial charge is 0.379 e. The number of aromatic nitrogens is 1. The molecule has 1 aliphatic carbocycles. The summed E-state index contributed by atoms with van der Waals surface area (Å²) in [6.45, 7) is 11.2. The number of anilines is 1. The van der Waals surface area contributed by atoms with Gasteiger partial charge in [-0.1, -0.05) is 20.8 Å². The molecule has 0 aromatic carbocycles. The SMILES string of the molecule is CC(C)(C)[C@H]1CCc2sc(C(=O)Nc3nc(CN4CCOCC4)cs3)cc2C1. The number of thiazole rings is 1. The quantitative estimate of drug-likeness (QED) is 0.796. The highest BCUT2D eigenvalue weighted by Crippen LogP contribution is 2.40. The summed E-state index contributed by atoms with van der Waals surface area (Å²) in [5.41, 5.74) is 2.70. The van der Waals surface area contributed by atoms with E-state index < -0.39 is 0 Å². The minimum atomic E-state index is -0.0287. The van der Waals surface area contributed by atoms with Crippen LogP contribution in [0.1, 0.15) is 53.0 Å². The average molecular weight is 420 g/mol. The summed E-state index contributed by atoms with van der Waals surface area (Å²) in [5, 5.41) is 5.73. The summed E-state index contributed by atoms with van der Waals surface area (Å²) in [5.74, 6) is 0.659. The van der Waals surface area contributed by atoms with Crippen LogP contribution in [0.15, 0.2) is 11.4 Å². The van der Waals surface area contributed by atoms with Crippen molar-refractivity contribution in [2.24, 2.45) is 11.3 Å². The van der Waals surface area contributed by atoms with Crippen LogP contribution in [0, 0.1) is 11.3 Å². The fourth-order valence-electron chi connectivity index (χ4n) is 3.96. The summed E-state index contributed by atoms with van der Waals surface area (Å²) < 4.78 is 5.39. The number of morpholine rings is 1. The first kappa shape index (κ1) is 20.0. The standard InChI is InChI=1S/C21H29N3O2S2/c1-21(2,3)15-4-5-17-14(10-15)11-18(28-17)19(25)23-20-22-16(13-27-20)12-24-6-8-26-9-7-24/h11,13,15H,4-10,12H2,1-3H3,(H,22,23,25)/t15-/m0/s1. The molecule has 1 atom stereocenters. The first-order chi connectivity index (χ1) is 13.4. The van der Waals surface area contributed by atoms with Crippen molar-refractivity contribution in [3.8, 4) is 0 Å². The maximum absolute atomic E-state index is 12.7. The zero-order valence-corrected chi connectivity index (χ0v) is 18.5. The lowest BCUT2D eigenvalue weighted by Gasteiger charge is -2.33. The maximum Gasteiger partial charge on any atom is 0.267 e. The zero-order valence-electron chi connectivity index (χ0n) is 16.9. The number of carbonyl (C=O) groups excluding carboxylic acids is 1. The minimum absolute atomic E-state index is 0.0287. The van der Waals surface area contributed by atoms with Crippen LogP contribution in [-0.2, 0) is 24.1 Å². The summed E-state index contributed by atoms with van der Waals surface area (Å²) in [6, 6.07) is 2.11. The smallest absolute Gasteiger partial charge is 0.267 e. The molecular weight excluding hydrogens is 390 g/mol. The second-order valence-corrected chi connectivity index (χ2v) is 10.8. The van der Waals surface area contributed by atoms with Gasteiger partial charge in [-0.2, -0.15) is 0 Å². The molecule has 7 heteroatoms. The minimum Gasteiger partial charge on any atom is -0.379 e. The van der Waals surface area contributed by atoms with Gasteiger partial charge in [0.1, 0.15) is 0 Å². The molecule has 1 amide bonds. The molecule has 2 aromatic rings. The van der Waals surface area contributed by atoms with Crippen molar-refractivity contribution in [2.75, 3.05) is 31.6 Å². The number of nitrogens with one attached hydrogen (secondary N) is 1. The van der Waals surface area contributed by atoms with Gasteiger partial charge < -0.3 is 4.74 Å². The van der Waals surface area contributed by atoms with Crippen molar-refractivity contribution >= 4 is 33.7 Å². The molecule has 1 fully saturated rings. The number of nitrogens with zero attached hydrogens (tertiary/aromatic N) is 2. The molecule has 3 heterocycles. The van der Waals surface area contributed by atoms with Crippen LogP contribution in [0.3, 0.4) is 0 Å². The number of fused-ring (bicyclic) bond motifs is 1. The topological polar surface area (TPSA) is 54.5 Å². The Morgan fingerprint density at radius 3 is 2.89 bits per heavy atom. The van der Waals surface area contributed by atoms with Crippen LogP contribution < -0.4 is 5.32 Å². The molecule has 0 saturated carbocycles. The van der Waals surface area contributed by atoms with Crippen LogP contribution in [-0.4, -0.2) is 42.1 Å². The van der Waals surface area contributed by atoms with Gasteiger partial charge in [0.05, 0.1) is 23.8 Å². The van der Waals surface area contributed by atoms with Gasteiger partial charge >= 0.3 is 0 Å². The van der Waals surface area contributed by atoms with Crippen LogP contribution in [0.2, 0.25) is 0 Å². The summed E-state index contributed by atoms with van der Waals surface area (Å²) in [6.07, 6.45) is 3.40. The van der Waals surface area contributed by atoms with E-state index in [0.717, 1.165) is 56.3 Å². The molecule has 1 aliphatic heterocycles. The van der Waals surface area contributed by atoms with Gasteiger partial charge in [0.25, 0.3) is 5.91 Å². The van der Waals surface area contributed by atoms with Gasteiger partial charge in [-0.05, 0) is 42.2 Å². The number of hydrogen-bond acceptors (Lipinski definition) is 6. The molecule has 4 rings (SSSR count). The molecule has 152 valence electrons. The third-order valence-corrected chi connectivity index (χ3v) is 7.84. The van der Waals surface area contributed by atoms with Gasteiger partial charge in [0.2, 0.25) is 0 Å². The third kappa shape index (κ3) is 4.64. The summed E-state index contributed by atoms with van der Waals surface area (Å²) in [7, 11) is 0. The highest BCUT2D eigenvalue weighted by molar-refractivity contribution is 7.15. The second kappa shape index (κ2) is 8.22. The van der Waals surface area contributed by atoms with E-state index in [1.807, 2.05) is 5.38 Å². The zero-order chi connectivity index (χ0) is 19.7. The molecule has 0 unspecified atom stereocenters. The molecule has 0 spiro atoms. The number of hydrogen-bond donors (Lipinski definition) is 1. The van der Waals surface area contributed by atoms with Crippen molar-refractivity contribution < 1.29 is 9.53 Å². The molecule has 0 bridgehead atoms. The molecule has 0 radical (unpaired) electrons. The van der Waals surface area contributed by atoms with E-state index in [1.165, 1.54) is 28.2 Å². The molecular formula is C21H29N3O2S2. The number of amides is 1. The van der Waals surface area contributed by atoms with Crippen LogP contribution in [0.5, 0.6) is 0 Å².